The molecular weight excluding hydrogens is 398 g/mol. The van der Waals surface area contributed by atoms with Gasteiger partial charge in [0, 0.05) is 6.54 Å². The van der Waals surface area contributed by atoms with Crippen LogP contribution in [0, 0.1) is 6.92 Å². The topological polar surface area (TPSA) is 50.4 Å². The van der Waals surface area contributed by atoms with Gasteiger partial charge in [0.25, 0.3) is 0 Å². The van der Waals surface area contributed by atoms with Crippen LogP contribution in [0.15, 0.2) is 78.9 Å². The molecule has 0 heterocycles. The summed E-state index contributed by atoms with van der Waals surface area (Å²) >= 11 is 0. The van der Waals surface area contributed by atoms with Crippen molar-refractivity contribution in [2.24, 2.45) is 0 Å². The van der Waals surface area contributed by atoms with Crippen molar-refractivity contribution in [3.8, 4) is 5.75 Å². The number of amides is 1. The first kappa shape index (κ1) is 22.4. The highest BCUT2D eigenvalue weighted by Crippen LogP contribution is 2.24. The summed E-state index contributed by atoms with van der Waals surface area (Å²) in [6.07, 6.45) is 0.770. The molecule has 0 bridgehead atoms. The van der Waals surface area contributed by atoms with Crippen molar-refractivity contribution < 1.29 is 18.3 Å². The van der Waals surface area contributed by atoms with Crippen molar-refractivity contribution in [2.45, 2.75) is 26.0 Å². The summed E-state index contributed by atoms with van der Waals surface area (Å²) < 4.78 is 29.2. The molecule has 162 valence electrons. The number of carbonyl (C=O) groups excluding carboxylic acids is 1. The molecule has 2 N–H and O–H groups in total. The number of halogens is 2. The van der Waals surface area contributed by atoms with Crippen molar-refractivity contribution in [1.82, 2.24) is 10.6 Å². The fourth-order valence-electron chi connectivity index (χ4n) is 3.40. The molecule has 0 unspecified atom stereocenters. The van der Waals surface area contributed by atoms with E-state index < -0.39 is 6.61 Å². The van der Waals surface area contributed by atoms with E-state index in [2.05, 4.69) is 34.4 Å². The van der Waals surface area contributed by atoms with Gasteiger partial charge in [-0.1, -0.05) is 66.7 Å². The summed E-state index contributed by atoms with van der Waals surface area (Å²) in [5.41, 5.74) is 4.24. The first-order valence-electron chi connectivity index (χ1n) is 10.2. The lowest BCUT2D eigenvalue weighted by Gasteiger charge is -2.20. The van der Waals surface area contributed by atoms with Crippen LogP contribution in [0.1, 0.15) is 28.3 Å². The number of hydrogen-bond donors (Lipinski definition) is 2. The first-order chi connectivity index (χ1) is 15.0. The third-order valence-electron chi connectivity index (χ3n) is 5.02. The number of rotatable bonds is 10. The van der Waals surface area contributed by atoms with Crippen LogP contribution in [0.25, 0.3) is 0 Å². The summed E-state index contributed by atoms with van der Waals surface area (Å²) in [6, 6.07) is 24.0. The zero-order valence-corrected chi connectivity index (χ0v) is 17.4. The Kier molecular flexibility index (Phi) is 8.12. The molecule has 6 heteroatoms. The minimum absolute atomic E-state index is 0.0968. The summed E-state index contributed by atoms with van der Waals surface area (Å²) in [6.45, 7) is -0.123. The van der Waals surface area contributed by atoms with Gasteiger partial charge in [0.05, 0.1) is 12.6 Å². The second kappa shape index (κ2) is 11.2. The molecule has 3 aromatic rings. The van der Waals surface area contributed by atoms with Gasteiger partial charge in [0.2, 0.25) is 5.91 Å². The number of aryl methyl sites for hydroxylation is 1. The minimum Gasteiger partial charge on any atom is -0.435 e. The van der Waals surface area contributed by atoms with Gasteiger partial charge < -0.3 is 10.1 Å². The van der Waals surface area contributed by atoms with Crippen molar-refractivity contribution in [1.29, 1.82) is 0 Å². The second-order valence-corrected chi connectivity index (χ2v) is 7.20. The lowest BCUT2D eigenvalue weighted by molar-refractivity contribution is -0.120. The number of ether oxygens (including phenoxy) is 1. The standard InChI is InChI=1S/C25H26F2N2O2/c1-18-7-5-6-8-19(18)15-16-28-23(30)17-29-24(20-9-3-2-4-10-20)21-11-13-22(14-12-21)31-25(26)27/h2-14,24-25,29H,15-17H2,1H3,(H,28,30)/t24-/m0/s1. The predicted octanol–water partition coefficient (Wildman–Crippen LogP) is 4.63. The molecule has 3 rings (SSSR count). The van der Waals surface area contributed by atoms with E-state index in [1.165, 1.54) is 23.3 Å². The van der Waals surface area contributed by atoms with E-state index in [1.54, 1.807) is 12.1 Å². The van der Waals surface area contributed by atoms with Crippen molar-refractivity contribution in [3.63, 3.8) is 0 Å². The number of benzene rings is 3. The van der Waals surface area contributed by atoms with Crippen LogP contribution < -0.4 is 15.4 Å². The fourth-order valence-corrected chi connectivity index (χ4v) is 3.40. The Balaban J connectivity index is 1.60. The molecule has 0 fully saturated rings. The highest BCUT2D eigenvalue weighted by atomic mass is 19.3. The first-order valence-corrected chi connectivity index (χ1v) is 10.2. The summed E-state index contributed by atoms with van der Waals surface area (Å²) in [7, 11) is 0. The maximum atomic E-state index is 12.4. The molecule has 31 heavy (non-hydrogen) atoms. The molecule has 0 aliphatic heterocycles. The van der Waals surface area contributed by atoms with E-state index in [0.717, 1.165) is 17.5 Å². The van der Waals surface area contributed by atoms with Crippen molar-refractivity contribution >= 4 is 5.91 Å². The molecule has 3 aromatic carbocycles. The lowest BCUT2D eigenvalue weighted by atomic mass is 9.98. The smallest absolute Gasteiger partial charge is 0.387 e. The van der Waals surface area contributed by atoms with Crippen LogP contribution in [-0.2, 0) is 11.2 Å². The molecule has 0 aliphatic rings. The van der Waals surface area contributed by atoms with Crippen LogP contribution in [0.4, 0.5) is 8.78 Å². The quantitative estimate of drug-likeness (QED) is 0.499. The average Bonchev–Trinajstić information content (AvgIpc) is 2.77. The summed E-state index contributed by atoms with van der Waals surface area (Å²) in [5.74, 6) is -0.00770. The van der Waals surface area contributed by atoms with E-state index in [4.69, 9.17) is 0 Å². The molecule has 1 atom stereocenters. The molecule has 0 saturated heterocycles. The summed E-state index contributed by atoms with van der Waals surface area (Å²) in [4.78, 5) is 12.4. The fraction of sp³-hybridized carbons (Fsp3) is 0.240. The van der Waals surface area contributed by atoms with Gasteiger partial charge >= 0.3 is 6.61 Å². The number of hydrogen-bond acceptors (Lipinski definition) is 3. The normalized spacial score (nSPS) is 11.9. The zero-order chi connectivity index (χ0) is 22.1. The van der Waals surface area contributed by atoms with E-state index >= 15 is 0 Å². The Labute approximate surface area is 181 Å². The molecule has 0 radical (unpaired) electrons. The average molecular weight is 424 g/mol. The maximum absolute atomic E-state index is 12.4. The van der Waals surface area contributed by atoms with Crippen LogP contribution in [0.3, 0.4) is 0 Å². The van der Waals surface area contributed by atoms with Crippen LogP contribution in [0.5, 0.6) is 5.75 Å². The van der Waals surface area contributed by atoms with Crippen LogP contribution in [0.2, 0.25) is 0 Å². The largest absolute Gasteiger partial charge is 0.435 e. The van der Waals surface area contributed by atoms with Crippen LogP contribution >= 0.6 is 0 Å². The van der Waals surface area contributed by atoms with Crippen molar-refractivity contribution in [3.05, 3.63) is 101 Å². The molecule has 0 saturated carbocycles. The molecule has 0 spiro atoms. The van der Waals surface area contributed by atoms with Gasteiger partial charge in [-0.15, -0.1) is 0 Å². The third-order valence-corrected chi connectivity index (χ3v) is 5.02. The molecule has 0 aromatic heterocycles. The van der Waals surface area contributed by atoms with Crippen LogP contribution in [-0.4, -0.2) is 25.6 Å². The van der Waals surface area contributed by atoms with E-state index in [1.807, 2.05) is 42.5 Å². The Morgan fingerprint density at radius 2 is 1.55 bits per heavy atom. The van der Waals surface area contributed by atoms with E-state index in [-0.39, 0.29) is 24.2 Å². The van der Waals surface area contributed by atoms with Gasteiger partial charge in [-0.3, -0.25) is 10.1 Å². The van der Waals surface area contributed by atoms with Gasteiger partial charge in [-0.05, 0) is 47.7 Å². The second-order valence-electron chi connectivity index (χ2n) is 7.20. The highest BCUT2D eigenvalue weighted by molar-refractivity contribution is 5.78. The van der Waals surface area contributed by atoms with Gasteiger partial charge in [-0.25, -0.2) is 0 Å². The minimum atomic E-state index is -2.86. The SMILES string of the molecule is Cc1ccccc1CCNC(=O)CN[C@@H](c1ccccc1)c1ccc(OC(F)F)cc1. The lowest BCUT2D eigenvalue weighted by Crippen LogP contribution is -2.37. The predicted molar refractivity (Wildman–Crippen MR) is 117 cm³/mol. The summed E-state index contributed by atoms with van der Waals surface area (Å²) in [5, 5.41) is 6.21. The highest BCUT2D eigenvalue weighted by Gasteiger charge is 2.15. The Morgan fingerprint density at radius 1 is 0.903 bits per heavy atom. The number of alkyl halides is 2. The zero-order valence-electron chi connectivity index (χ0n) is 17.4. The number of nitrogens with one attached hydrogen (secondary N) is 2. The third kappa shape index (κ3) is 6.89. The van der Waals surface area contributed by atoms with E-state index in [9.17, 15) is 13.6 Å². The molecule has 4 nitrogen and oxygen atoms in total. The monoisotopic (exact) mass is 424 g/mol. The van der Waals surface area contributed by atoms with Crippen molar-refractivity contribution in [2.75, 3.05) is 13.1 Å². The Hall–Kier alpha value is -3.25. The van der Waals surface area contributed by atoms with E-state index in [0.29, 0.717) is 6.54 Å². The van der Waals surface area contributed by atoms with Gasteiger partial charge in [0.15, 0.2) is 0 Å². The molecular formula is C25H26F2N2O2. The van der Waals surface area contributed by atoms with Gasteiger partial charge in [-0.2, -0.15) is 8.78 Å². The molecule has 0 aliphatic carbocycles. The van der Waals surface area contributed by atoms with Gasteiger partial charge in [0.1, 0.15) is 5.75 Å². The Bertz CT molecular complexity index is 963. The number of carbonyl (C=O) groups is 1. The molecule has 1 amide bonds. The maximum Gasteiger partial charge on any atom is 0.387 e. The Morgan fingerprint density at radius 3 is 2.23 bits per heavy atom.